The van der Waals surface area contributed by atoms with Crippen molar-refractivity contribution in [3.8, 4) is 0 Å². The van der Waals surface area contributed by atoms with Crippen LogP contribution in [0.3, 0.4) is 0 Å². The third-order valence-corrected chi connectivity index (χ3v) is 5.17. The van der Waals surface area contributed by atoms with Crippen LogP contribution in [-0.4, -0.2) is 16.1 Å². The molecule has 0 aromatic rings. The predicted octanol–water partition coefficient (Wildman–Crippen LogP) is 3.39. The Bertz CT molecular complexity index is 134. The first-order valence-corrected chi connectivity index (χ1v) is 6.08. The van der Waals surface area contributed by atoms with Crippen LogP contribution < -0.4 is 0 Å². The van der Waals surface area contributed by atoms with Crippen molar-refractivity contribution in [1.29, 1.82) is 0 Å². The molecule has 1 aliphatic rings. The summed E-state index contributed by atoms with van der Waals surface area (Å²) in [4.78, 5) is 0. The van der Waals surface area contributed by atoms with E-state index < -0.39 is 0 Å². The van der Waals surface area contributed by atoms with Crippen molar-refractivity contribution in [2.24, 2.45) is 5.41 Å². The van der Waals surface area contributed by atoms with E-state index in [1.165, 1.54) is 11.5 Å². The fourth-order valence-electron chi connectivity index (χ4n) is 0.970. The lowest BCUT2D eigenvalue weighted by Crippen LogP contribution is -2.19. The molecule has 0 N–H and O–H groups in total. The molecule has 0 saturated heterocycles. The monoisotopic (exact) mass is 188 g/mol. The highest BCUT2D eigenvalue weighted by Gasteiger charge is 2.25. The maximum atomic E-state index is 2.32. The fraction of sp³-hybridized carbons (Fsp3) is 0.778. The Morgan fingerprint density at radius 3 is 1.91 bits per heavy atom. The van der Waals surface area contributed by atoms with Gasteiger partial charge in [0.2, 0.25) is 0 Å². The molecule has 0 spiro atoms. The minimum Gasteiger partial charge on any atom is -0.143 e. The molecule has 64 valence electrons. The van der Waals surface area contributed by atoms with Gasteiger partial charge in [0, 0.05) is 11.5 Å². The lowest BCUT2D eigenvalue weighted by atomic mass is 10.0. The normalized spacial score (nSPS) is 21.7. The van der Waals surface area contributed by atoms with Gasteiger partial charge in [-0.1, -0.05) is 32.9 Å². The van der Waals surface area contributed by atoms with Crippen molar-refractivity contribution in [2.75, 3.05) is 11.5 Å². The Morgan fingerprint density at radius 2 is 1.55 bits per heavy atom. The summed E-state index contributed by atoms with van der Waals surface area (Å²) in [5, 5.41) is 0. The fourth-order valence-corrected chi connectivity index (χ4v) is 3.67. The van der Waals surface area contributed by atoms with Gasteiger partial charge in [0.1, 0.15) is 0 Å². The van der Waals surface area contributed by atoms with Crippen LogP contribution in [0.25, 0.3) is 0 Å². The Balaban J connectivity index is 2.47. The van der Waals surface area contributed by atoms with Crippen molar-refractivity contribution in [3.05, 3.63) is 12.2 Å². The zero-order chi connectivity index (χ0) is 8.32. The highest BCUT2D eigenvalue weighted by Crippen LogP contribution is 2.39. The molecule has 0 nitrogen and oxygen atoms in total. The molecule has 0 amide bonds. The third kappa shape index (κ3) is 3.12. The van der Waals surface area contributed by atoms with Crippen LogP contribution in [-0.2, 0) is 0 Å². The molecule has 0 fully saturated rings. The van der Waals surface area contributed by atoms with Gasteiger partial charge in [-0.25, -0.2) is 0 Å². The second-order valence-corrected chi connectivity index (χ2v) is 6.41. The summed E-state index contributed by atoms with van der Waals surface area (Å²) >= 11 is 4.13. The highest BCUT2D eigenvalue weighted by atomic mass is 32.2. The van der Waals surface area contributed by atoms with Crippen LogP contribution in [0.2, 0.25) is 0 Å². The molecule has 0 aromatic heterocycles. The summed E-state index contributed by atoms with van der Waals surface area (Å²) in [6.07, 6.45) is 4.56. The van der Waals surface area contributed by atoms with Gasteiger partial charge in [-0.2, -0.15) is 0 Å². The van der Waals surface area contributed by atoms with Crippen LogP contribution >= 0.6 is 23.5 Å². The molecule has 1 aliphatic heterocycles. The van der Waals surface area contributed by atoms with E-state index in [1.54, 1.807) is 0 Å². The quantitative estimate of drug-likeness (QED) is 0.534. The number of hydrogen-bond donors (Lipinski definition) is 0. The van der Waals surface area contributed by atoms with Crippen LogP contribution in [0.5, 0.6) is 0 Å². The molecule has 0 radical (unpaired) electrons. The standard InChI is InChI=1S/C9H16S2/c1-9(2,3)8-10-6-4-5-7-11-8/h4-5,8H,6-7H2,1-3H3. The van der Waals surface area contributed by atoms with E-state index in [4.69, 9.17) is 0 Å². The summed E-state index contributed by atoms with van der Waals surface area (Å²) in [6.45, 7) is 6.97. The summed E-state index contributed by atoms with van der Waals surface area (Å²) in [5.41, 5.74) is 0.446. The second-order valence-electron chi connectivity index (χ2n) is 3.84. The van der Waals surface area contributed by atoms with Crippen LogP contribution in [0.15, 0.2) is 12.2 Å². The molecule has 0 aliphatic carbocycles. The summed E-state index contributed by atoms with van der Waals surface area (Å²) < 4.78 is 0.762. The lowest BCUT2D eigenvalue weighted by molar-refractivity contribution is 0.460. The number of thioether (sulfide) groups is 2. The van der Waals surface area contributed by atoms with Gasteiger partial charge in [-0.15, -0.1) is 23.5 Å². The molecular weight excluding hydrogens is 172 g/mol. The van der Waals surface area contributed by atoms with Gasteiger partial charge in [0.25, 0.3) is 0 Å². The summed E-state index contributed by atoms with van der Waals surface area (Å²) in [6, 6.07) is 0. The molecule has 0 unspecified atom stereocenters. The number of hydrogen-bond acceptors (Lipinski definition) is 2. The smallest absolute Gasteiger partial charge is 0.0556 e. The van der Waals surface area contributed by atoms with Crippen LogP contribution in [0.4, 0.5) is 0 Å². The molecule has 0 atom stereocenters. The Morgan fingerprint density at radius 1 is 1.09 bits per heavy atom. The molecule has 11 heavy (non-hydrogen) atoms. The van der Waals surface area contributed by atoms with E-state index in [-0.39, 0.29) is 0 Å². The summed E-state index contributed by atoms with van der Waals surface area (Å²) in [5.74, 6) is 2.38. The van der Waals surface area contributed by atoms with Gasteiger partial charge >= 0.3 is 0 Å². The SMILES string of the molecule is CC(C)(C)C1SCC=CCS1. The molecular formula is C9H16S2. The zero-order valence-electron chi connectivity index (χ0n) is 7.46. The molecule has 0 bridgehead atoms. The maximum absolute atomic E-state index is 2.32. The van der Waals surface area contributed by atoms with Gasteiger partial charge in [-0.05, 0) is 5.41 Å². The predicted molar refractivity (Wildman–Crippen MR) is 57.3 cm³/mol. The Kier molecular flexibility index (Phi) is 3.38. The van der Waals surface area contributed by atoms with E-state index in [1.807, 2.05) is 0 Å². The minimum absolute atomic E-state index is 0.446. The first-order valence-electron chi connectivity index (χ1n) is 3.99. The van der Waals surface area contributed by atoms with Crippen molar-refractivity contribution in [3.63, 3.8) is 0 Å². The summed E-state index contributed by atoms with van der Waals surface area (Å²) in [7, 11) is 0. The number of rotatable bonds is 0. The maximum Gasteiger partial charge on any atom is 0.0556 e. The average Bonchev–Trinajstić information content (AvgIpc) is 2.10. The molecule has 1 heterocycles. The van der Waals surface area contributed by atoms with Crippen molar-refractivity contribution in [1.82, 2.24) is 0 Å². The minimum atomic E-state index is 0.446. The van der Waals surface area contributed by atoms with Crippen molar-refractivity contribution in [2.45, 2.75) is 25.4 Å². The topological polar surface area (TPSA) is 0 Å². The van der Waals surface area contributed by atoms with E-state index in [9.17, 15) is 0 Å². The Labute approximate surface area is 78.2 Å². The Hall–Kier alpha value is 0.440. The molecule has 0 aromatic carbocycles. The van der Waals surface area contributed by atoms with Crippen LogP contribution in [0.1, 0.15) is 20.8 Å². The van der Waals surface area contributed by atoms with Crippen molar-refractivity contribution < 1.29 is 0 Å². The van der Waals surface area contributed by atoms with Crippen LogP contribution in [0, 0.1) is 5.41 Å². The van der Waals surface area contributed by atoms with Crippen molar-refractivity contribution >= 4 is 23.5 Å². The van der Waals surface area contributed by atoms with Gasteiger partial charge < -0.3 is 0 Å². The first-order chi connectivity index (χ1) is 5.11. The highest BCUT2D eigenvalue weighted by molar-refractivity contribution is 8.17. The van der Waals surface area contributed by atoms with E-state index >= 15 is 0 Å². The van der Waals surface area contributed by atoms with E-state index in [0.29, 0.717) is 5.41 Å². The largest absolute Gasteiger partial charge is 0.143 e. The zero-order valence-corrected chi connectivity index (χ0v) is 9.10. The second kappa shape index (κ2) is 3.90. The van der Waals surface area contributed by atoms with Gasteiger partial charge in [0.05, 0.1) is 4.58 Å². The molecule has 2 heteroatoms. The van der Waals surface area contributed by atoms with Gasteiger partial charge in [0.15, 0.2) is 0 Å². The van der Waals surface area contributed by atoms with E-state index in [0.717, 1.165) is 4.58 Å². The average molecular weight is 188 g/mol. The molecule has 0 saturated carbocycles. The lowest BCUT2D eigenvalue weighted by Gasteiger charge is -2.28. The van der Waals surface area contributed by atoms with E-state index in [2.05, 4.69) is 56.4 Å². The molecule has 1 rings (SSSR count). The first kappa shape index (κ1) is 9.53. The third-order valence-electron chi connectivity index (χ3n) is 1.56. The van der Waals surface area contributed by atoms with Gasteiger partial charge in [-0.3, -0.25) is 0 Å².